The number of halogens is 1. The van der Waals surface area contributed by atoms with Gasteiger partial charge in [0.1, 0.15) is 0 Å². The highest BCUT2D eigenvalue weighted by molar-refractivity contribution is 9.10. The minimum atomic E-state index is -0.172. The van der Waals surface area contributed by atoms with E-state index in [1.54, 1.807) is 7.05 Å². The Morgan fingerprint density at radius 3 is 2.61 bits per heavy atom. The maximum atomic E-state index is 12.3. The zero-order chi connectivity index (χ0) is 13.7. The van der Waals surface area contributed by atoms with Crippen molar-refractivity contribution in [2.24, 2.45) is 0 Å². The molecule has 4 nitrogen and oxygen atoms in total. The van der Waals surface area contributed by atoms with Crippen molar-refractivity contribution >= 4 is 27.7 Å². The summed E-state index contributed by atoms with van der Waals surface area (Å²) in [4.78, 5) is 25.2. The number of benzene rings is 1. The van der Waals surface area contributed by atoms with Crippen molar-refractivity contribution in [2.75, 3.05) is 20.1 Å². The molecule has 0 heterocycles. The fourth-order valence-electron chi connectivity index (χ4n) is 1.55. The highest BCUT2D eigenvalue weighted by atomic mass is 79.9. The molecule has 0 bridgehead atoms. The Hall–Kier alpha value is -1.36. The van der Waals surface area contributed by atoms with Gasteiger partial charge in [-0.25, -0.2) is 0 Å². The number of carbonyl (C=O) groups excluding carboxylic acids is 2. The van der Waals surface area contributed by atoms with Gasteiger partial charge in [-0.2, -0.15) is 0 Å². The van der Waals surface area contributed by atoms with Crippen LogP contribution in [0.3, 0.4) is 0 Å². The molecule has 1 N–H and O–H groups in total. The first-order chi connectivity index (χ1) is 8.49. The molecule has 0 unspecified atom stereocenters. The summed E-state index contributed by atoms with van der Waals surface area (Å²) in [5.74, 6) is -0.314. The Morgan fingerprint density at radius 2 is 2.06 bits per heavy atom. The van der Waals surface area contributed by atoms with E-state index in [4.69, 9.17) is 0 Å². The molecule has 0 aliphatic heterocycles. The van der Waals surface area contributed by atoms with E-state index in [1.807, 2.05) is 32.0 Å². The number of amides is 2. The van der Waals surface area contributed by atoms with Crippen molar-refractivity contribution in [3.8, 4) is 0 Å². The first-order valence-corrected chi connectivity index (χ1v) is 6.54. The fourth-order valence-corrected chi connectivity index (χ4v) is 1.97. The Kier molecular flexibility index (Phi) is 5.34. The number of rotatable bonds is 4. The number of hydrogen-bond acceptors (Lipinski definition) is 2. The van der Waals surface area contributed by atoms with Gasteiger partial charge in [0.05, 0.1) is 12.1 Å². The van der Waals surface area contributed by atoms with Crippen LogP contribution in [0.4, 0.5) is 0 Å². The Morgan fingerprint density at radius 1 is 1.39 bits per heavy atom. The third kappa shape index (κ3) is 3.57. The van der Waals surface area contributed by atoms with E-state index < -0.39 is 0 Å². The minimum absolute atomic E-state index is 0.0756. The first-order valence-electron chi connectivity index (χ1n) is 5.75. The molecule has 1 aromatic carbocycles. The molecule has 0 aliphatic carbocycles. The van der Waals surface area contributed by atoms with Crippen LogP contribution < -0.4 is 5.32 Å². The van der Waals surface area contributed by atoms with Gasteiger partial charge in [-0.3, -0.25) is 9.59 Å². The van der Waals surface area contributed by atoms with Crippen LogP contribution in [-0.2, 0) is 4.79 Å². The largest absolute Gasteiger partial charge is 0.358 e. The molecule has 1 aromatic rings. The Labute approximate surface area is 115 Å². The summed E-state index contributed by atoms with van der Waals surface area (Å²) in [6.45, 7) is 4.35. The number of aryl methyl sites for hydroxylation is 1. The van der Waals surface area contributed by atoms with Gasteiger partial charge >= 0.3 is 0 Å². The van der Waals surface area contributed by atoms with Crippen molar-refractivity contribution in [2.45, 2.75) is 13.8 Å². The molecule has 2 amide bonds. The van der Waals surface area contributed by atoms with E-state index >= 15 is 0 Å². The quantitative estimate of drug-likeness (QED) is 0.924. The fraction of sp³-hybridized carbons (Fsp3) is 0.385. The summed E-state index contributed by atoms with van der Waals surface area (Å²) in [5, 5.41) is 2.52. The van der Waals surface area contributed by atoms with Crippen LogP contribution in [0.5, 0.6) is 0 Å². The minimum Gasteiger partial charge on any atom is -0.358 e. The summed E-state index contributed by atoms with van der Waals surface area (Å²) in [6.07, 6.45) is 0. The first kappa shape index (κ1) is 14.7. The number of carbonyl (C=O) groups is 2. The maximum absolute atomic E-state index is 12.3. The lowest BCUT2D eigenvalue weighted by molar-refractivity contribution is -0.121. The predicted octanol–water partition coefficient (Wildman–Crippen LogP) is 1.97. The second-order valence-electron chi connectivity index (χ2n) is 3.98. The topological polar surface area (TPSA) is 49.4 Å². The number of hydrogen-bond donors (Lipinski definition) is 1. The summed E-state index contributed by atoms with van der Waals surface area (Å²) in [5.41, 5.74) is 1.60. The van der Waals surface area contributed by atoms with Crippen LogP contribution in [0.1, 0.15) is 22.8 Å². The zero-order valence-corrected chi connectivity index (χ0v) is 12.4. The van der Waals surface area contributed by atoms with Crippen LogP contribution in [0.25, 0.3) is 0 Å². The molecule has 0 atom stereocenters. The average molecular weight is 313 g/mol. The van der Waals surface area contributed by atoms with Gasteiger partial charge in [-0.1, -0.05) is 11.6 Å². The van der Waals surface area contributed by atoms with E-state index in [0.717, 1.165) is 10.0 Å². The van der Waals surface area contributed by atoms with E-state index in [0.29, 0.717) is 12.1 Å². The smallest absolute Gasteiger partial charge is 0.255 e. The van der Waals surface area contributed by atoms with Crippen molar-refractivity contribution in [3.63, 3.8) is 0 Å². The third-order valence-electron chi connectivity index (χ3n) is 2.63. The highest BCUT2D eigenvalue weighted by Crippen LogP contribution is 2.19. The molecular weight excluding hydrogens is 296 g/mol. The van der Waals surface area contributed by atoms with Crippen LogP contribution in [0.2, 0.25) is 0 Å². The normalized spacial score (nSPS) is 10.0. The van der Waals surface area contributed by atoms with Crippen LogP contribution in [0.15, 0.2) is 22.7 Å². The monoisotopic (exact) mass is 312 g/mol. The van der Waals surface area contributed by atoms with Crippen molar-refractivity contribution in [1.29, 1.82) is 0 Å². The predicted molar refractivity (Wildman–Crippen MR) is 74.5 cm³/mol. The second-order valence-corrected chi connectivity index (χ2v) is 4.83. The van der Waals surface area contributed by atoms with Gasteiger partial charge in [-0.15, -0.1) is 0 Å². The van der Waals surface area contributed by atoms with Crippen molar-refractivity contribution in [3.05, 3.63) is 33.8 Å². The van der Waals surface area contributed by atoms with Gasteiger partial charge in [0.2, 0.25) is 5.91 Å². The van der Waals surface area contributed by atoms with Crippen LogP contribution in [-0.4, -0.2) is 36.9 Å². The zero-order valence-electron chi connectivity index (χ0n) is 10.8. The molecular formula is C13H17BrN2O2. The lowest BCUT2D eigenvalue weighted by Gasteiger charge is -2.20. The standard InChI is InChI=1S/C13H17BrN2O2/c1-4-16(8-12(17)15-3)13(18)10-7-9(2)5-6-11(10)14/h5-7H,4,8H2,1-3H3,(H,15,17). The lowest BCUT2D eigenvalue weighted by Crippen LogP contribution is -2.39. The Bertz CT molecular complexity index is 460. The highest BCUT2D eigenvalue weighted by Gasteiger charge is 2.18. The van der Waals surface area contributed by atoms with Gasteiger partial charge < -0.3 is 10.2 Å². The number of nitrogens with zero attached hydrogens (tertiary/aromatic N) is 1. The average Bonchev–Trinajstić information content (AvgIpc) is 2.37. The maximum Gasteiger partial charge on any atom is 0.255 e. The van der Waals surface area contributed by atoms with E-state index in [9.17, 15) is 9.59 Å². The number of nitrogens with one attached hydrogen (secondary N) is 1. The van der Waals surface area contributed by atoms with Gasteiger partial charge in [0, 0.05) is 18.1 Å². The van der Waals surface area contributed by atoms with Gasteiger partial charge in [0.25, 0.3) is 5.91 Å². The van der Waals surface area contributed by atoms with Crippen molar-refractivity contribution in [1.82, 2.24) is 10.2 Å². The van der Waals surface area contributed by atoms with Gasteiger partial charge in [0.15, 0.2) is 0 Å². The molecule has 1 rings (SSSR count). The Balaban J connectivity index is 2.96. The number of likely N-dealkylation sites (N-methyl/N-ethyl adjacent to an activating group) is 2. The summed E-state index contributed by atoms with van der Waals surface area (Å²) >= 11 is 3.36. The molecule has 0 spiro atoms. The molecule has 0 saturated carbocycles. The second kappa shape index (κ2) is 6.54. The molecule has 98 valence electrons. The molecule has 0 radical (unpaired) electrons. The third-order valence-corrected chi connectivity index (χ3v) is 3.33. The summed E-state index contributed by atoms with van der Waals surface area (Å²) < 4.78 is 0.744. The summed E-state index contributed by atoms with van der Waals surface area (Å²) in [7, 11) is 1.56. The summed E-state index contributed by atoms with van der Waals surface area (Å²) in [6, 6.07) is 5.59. The van der Waals surface area contributed by atoms with Gasteiger partial charge in [-0.05, 0) is 41.9 Å². The van der Waals surface area contributed by atoms with Crippen LogP contribution >= 0.6 is 15.9 Å². The van der Waals surface area contributed by atoms with E-state index in [2.05, 4.69) is 21.2 Å². The van der Waals surface area contributed by atoms with Crippen molar-refractivity contribution < 1.29 is 9.59 Å². The molecule has 0 aromatic heterocycles. The molecule has 0 fully saturated rings. The van der Waals surface area contributed by atoms with Crippen LogP contribution in [0, 0.1) is 6.92 Å². The molecule has 5 heteroatoms. The molecule has 18 heavy (non-hydrogen) atoms. The SMILES string of the molecule is CCN(CC(=O)NC)C(=O)c1cc(C)ccc1Br. The van der Waals surface area contributed by atoms with E-state index in [-0.39, 0.29) is 18.4 Å². The van der Waals surface area contributed by atoms with E-state index in [1.165, 1.54) is 4.90 Å². The lowest BCUT2D eigenvalue weighted by atomic mass is 10.1. The molecule has 0 saturated heterocycles. The molecule has 0 aliphatic rings.